The topological polar surface area (TPSA) is 95.7 Å². The van der Waals surface area contributed by atoms with E-state index in [1.807, 2.05) is 32.6 Å². The highest BCUT2D eigenvalue weighted by atomic mass is 16.2. The van der Waals surface area contributed by atoms with Crippen LogP contribution in [0, 0.1) is 22.7 Å². The molecule has 0 aromatic carbocycles. The molecule has 3 atom stereocenters. The predicted octanol–water partition coefficient (Wildman–Crippen LogP) is 5.12. The fraction of sp³-hybridized carbons (Fsp3) is 0.903. The zero-order chi connectivity index (χ0) is 29.3. The maximum atomic E-state index is 14.6. The number of carbonyl (C=O) groups is 3. The van der Waals surface area contributed by atoms with E-state index >= 15 is 0 Å². The second kappa shape index (κ2) is 11.9. The van der Waals surface area contributed by atoms with Crippen molar-refractivity contribution in [3.05, 3.63) is 0 Å². The summed E-state index contributed by atoms with van der Waals surface area (Å²) in [5.41, 5.74) is 4.33. The van der Waals surface area contributed by atoms with Crippen LogP contribution in [0.3, 0.4) is 0 Å². The molecule has 3 amide bonds. The number of hydrogen-bond donors (Lipinski definition) is 2. The number of piperidine rings is 1. The van der Waals surface area contributed by atoms with Gasteiger partial charge in [0, 0.05) is 24.2 Å². The first kappa shape index (κ1) is 32.6. The fourth-order valence-electron chi connectivity index (χ4n) is 6.39. The van der Waals surface area contributed by atoms with Crippen LogP contribution >= 0.6 is 0 Å². The first-order chi connectivity index (χ1) is 17.2. The molecule has 220 valence electrons. The van der Waals surface area contributed by atoms with Gasteiger partial charge in [0.1, 0.15) is 12.1 Å². The number of nitrogens with one attached hydrogen (secondary N) is 1. The van der Waals surface area contributed by atoms with Crippen LogP contribution in [0.2, 0.25) is 0 Å². The van der Waals surface area contributed by atoms with Crippen molar-refractivity contribution in [3.8, 4) is 0 Å². The SMILES string of the molecule is CC(C)CCCNC(=O)C1CCC(C)(C)CC(C)(C)N1C(=O)C1CCC(C)CN1C(=O)C(C)(C)C(C)(C)N. The van der Waals surface area contributed by atoms with Crippen molar-refractivity contribution in [2.75, 3.05) is 13.1 Å². The molecule has 2 aliphatic heterocycles. The molecule has 2 rings (SSSR count). The summed E-state index contributed by atoms with van der Waals surface area (Å²) in [6.07, 6.45) is 5.73. The van der Waals surface area contributed by atoms with Gasteiger partial charge >= 0.3 is 0 Å². The van der Waals surface area contributed by atoms with Gasteiger partial charge in [-0.2, -0.15) is 0 Å². The van der Waals surface area contributed by atoms with Gasteiger partial charge in [-0.3, -0.25) is 14.4 Å². The van der Waals surface area contributed by atoms with Crippen LogP contribution in [0.4, 0.5) is 0 Å². The van der Waals surface area contributed by atoms with E-state index in [-0.39, 0.29) is 23.1 Å². The summed E-state index contributed by atoms with van der Waals surface area (Å²) in [6, 6.07) is -1.13. The normalized spacial score (nSPS) is 26.2. The highest BCUT2D eigenvalue weighted by Crippen LogP contribution is 2.43. The summed E-state index contributed by atoms with van der Waals surface area (Å²) in [7, 11) is 0. The van der Waals surface area contributed by atoms with Crippen molar-refractivity contribution in [2.24, 2.45) is 28.4 Å². The van der Waals surface area contributed by atoms with Crippen molar-refractivity contribution >= 4 is 17.7 Å². The van der Waals surface area contributed by atoms with Crippen LogP contribution in [0.15, 0.2) is 0 Å². The first-order valence-corrected chi connectivity index (χ1v) is 14.9. The molecule has 2 heterocycles. The quantitative estimate of drug-likeness (QED) is 0.423. The minimum atomic E-state index is -0.841. The molecule has 38 heavy (non-hydrogen) atoms. The monoisotopic (exact) mass is 534 g/mol. The van der Waals surface area contributed by atoms with E-state index in [9.17, 15) is 14.4 Å². The van der Waals surface area contributed by atoms with Gasteiger partial charge in [-0.15, -0.1) is 0 Å². The molecular formula is C31H58N4O3. The summed E-state index contributed by atoms with van der Waals surface area (Å²) in [5, 5.41) is 3.14. The Morgan fingerprint density at radius 3 is 2.16 bits per heavy atom. The Labute approximate surface area is 233 Å². The van der Waals surface area contributed by atoms with Crippen LogP contribution in [-0.4, -0.2) is 63.8 Å². The molecule has 0 radical (unpaired) electrons. The number of nitrogens with two attached hydrogens (primary N) is 1. The maximum Gasteiger partial charge on any atom is 0.246 e. The van der Waals surface area contributed by atoms with E-state index < -0.39 is 28.6 Å². The summed E-state index contributed by atoms with van der Waals surface area (Å²) in [6.45, 7) is 23.8. The molecule has 7 nitrogen and oxygen atoms in total. The Balaban J connectivity index is 2.45. The Morgan fingerprint density at radius 1 is 1.00 bits per heavy atom. The molecule has 0 saturated carbocycles. The number of carbonyl (C=O) groups excluding carboxylic acids is 3. The van der Waals surface area contributed by atoms with Crippen LogP contribution in [0.25, 0.3) is 0 Å². The summed E-state index contributed by atoms with van der Waals surface area (Å²) in [5.74, 6) is 0.634. The Bertz CT molecular complexity index is 856. The van der Waals surface area contributed by atoms with Gasteiger partial charge in [0.25, 0.3) is 0 Å². The lowest BCUT2D eigenvalue weighted by molar-refractivity contribution is -0.162. The summed E-state index contributed by atoms with van der Waals surface area (Å²) in [4.78, 5) is 45.9. The molecule has 0 spiro atoms. The third-order valence-electron chi connectivity index (χ3n) is 9.28. The molecule has 3 N–H and O–H groups in total. The number of amides is 3. The van der Waals surface area contributed by atoms with Gasteiger partial charge in [-0.05, 0) is 104 Å². The van der Waals surface area contributed by atoms with Gasteiger partial charge in [0.05, 0.1) is 5.41 Å². The predicted molar refractivity (Wildman–Crippen MR) is 155 cm³/mol. The average Bonchev–Trinajstić information content (AvgIpc) is 2.86. The fourth-order valence-corrected chi connectivity index (χ4v) is 6.39. The standard InChI is InChI=1S/C31H58N4O3/c1-21(2)13-12-18-33-25(36)23-16-17-28(4,5)20-29(6,7)35(23)26(37)24-15-14-22(3)19-34(24)27(38)30(8,9)31(10,11)32/h21-24H,12-20,32H2,1-11H3,(H,33,36). The molecule has 7 heteroatoms. The minimum absolute atomic E-state index is 0.00312. The lowest BCUT2D eigenvalue weighted by atomic mass is 9.73. The van der Waals surface area contributed by atoms with Crippen molar-refractivity contribution < 1.29 is 14.4 Å². The van der Waals surface area contributed by atoms with Crippen LogP contribution in [-0.2, 0) is 14.4 Å². The van der Waals surface area contributed by atoms with Crippen molar-refractivity contribution in [1.82, 2.24) is 15.1 Å². The zero-order valence-corrected chi connectivity index (χ0v) is 26.4. The molecule has 3 unspecified atom stereocenters. The van der Waals surface area contributed by atoms with Crippen LogP contribution in [0.5, 0.6) is 0 Å². The van der Waals surface area contributed by atoms with E-state index in [1.165, 1.54) is 0 Å². The second-order valence-corrected chi connectivity index (χ2v) is 15.2. The van der Waals surface area contributed by atoms with E-state index in [0.717, 1.165) is 32.1 Å². The van der Waals surface area contributed by atoms with E-state index in [4.69, 9.17) is 5.73 Å². The largest absolute Gasteiger partial charge is 0.354 e. The number of likely N-dealkylation sites (tertiary alicyclic amines) is 2. The lowest BCUT2D eigenvalue weighted by Gasteiger charge is -2.49. The Hall–Kier alpha value is -1.63. The van der Waals surface area contributed by atoms with Gasteiger partial charge in [-0.25, -0.2) is 0 Å². The van der Waals surface area contributed by atoms with Gasteiger partial charge < -0.3 is 20.9 Å². The second-order valence-electron chi connectivity index (χ2n) is 15.2. The molecule has 0 aromatic rings. The van der Waals surface area contributed by atoms with Gasteiger partial charge in [-0.1, -0.05) is 34.6 Å². The Morgan fingerprint density at radius 2 is 1.61 bits per heavy atom. The summed E-state index contributed by atoms with van der Waals surface area (Å²) >= 11 is 0. The Kier molecular flexibility index (Phi) is 10.2. The average molecular weight is 535 g/mol. The molecule has 2 fully saturated rings. The lowest BCUT2D eigenvalue weighted by Crippen LogP contribution is -2.66. The number of nitrogens with zero attached hydrogens (tertiary/aromatic N) is 2. The molecule has 0 aliphatic carbocycles. The third kappa shape index (κ3) is 7.51. The first-order valence-electron chi connectivity index (χ1n) is 14.9. The highest BCUT2D eigenvalue weighted by Gasteiger charge is 2.51. The van der Waals surface area contributed by atoms with E-state index in [1.54, 1.807) is 4.90 Å². The molecule has 2 saturated heterocycles. The van der Waals surface area contributed by atoms with E-state index in [0.29, 0.717) is 37.8 Å². The van der Waals surface area contributed by atoms with Crippen molar-refractivity contribution in [2.45, 2.75) is 144 Å². The summed E-state index contributed by atoms with van der Waals surface area (Å²) < 4.78 is 0. The van der Waals surface area contributed by atoms with Crippen LogP contribution < -0.4 is 11.1 Å². The highest BCUT2D eigenvalue weighted by molar-refractivity contribution is 5.94. The zero-order valence-electron chi connectivity index (χ0n) is 26.4. The number of hydrogen-bond acceptors (Lipinski definition) is 4. The smallest absolute Gasteiger partial charge is 0.246 e. The molecule has 2 aliphatic rings. The van der Waals surface area contributed by atoms with Gasteiger partial charge in [0.15, 0.2) is 0 Å². The van der Waals surface area contributed by atoms with E-state index in [2.05, 4.69) is 53.8 Å². The van der Waals surface area contributed by atoms with Gasteiger partial charge in [0.2, 0.25) is 17.7 Å². The number of rotatable bonds is 8. The van der Waals surface area contributed by atoms with Crippen molar-refractivity contribution in [3.63, 3.8) is 0 Å². The van der Waals surface area contributed by atoms with Crippen LogP contribution in [0.1, 0.15) is 121 Å². The third-order valence-corrected chi connectivity index (χ3v) is 9.28. The molecule has 0 aromatic heterocycles. The van der Waals surface area contributed by atoms with Crippen molar-refractivity contribution in [1.29, 1.82) is 0 Å². The molecule has 0 bridgehead atoms. The minimum Gasteiger partial charge on any atom is -0.354 e. The molecular weight excluding hydrogens is 476 g/mol. The maximum absolute atomic E-state index is 14.6.